The van der Waals surface area contributed by atoms with Crippen LogP contribution in [-0.4, -0.2) is 18.0 Å². The lowest BCUT2D eigenvalue weighted by atomic mass is 10.0. The van der Waals surface area contributed by atoms with Gasteiger partial charge in [0.1, 0.15) is 11.5 Å². The van der Waals surface area contributed by atoms with Crippen molar-refractivity contribution < 1.29 is 9.94 Å². The van der Waals surface area contributed by atoms with Gasteiger partial charge in [0.2, 0.25) is 0 Å². The minimum Gasteiger partial charge on any atom is -0.496 e. The van der Waals surface area contributed by atoms with Crippen LogP contribution >= 0.6 is 23.2 Å². The Hall–Kier alpha value is -1.71. The number of methoxy groups -OCH3 is 1. The Morgan fingerprint density at radius 1 is 1.05 bits per heavy atom. The summed E-state index contributed by atoms with van der Waals surface area (Å²) >= 11 is 12.3. The van der Waals surface area contributed by atoms with Crippen LogP contribution in [0.15, 0.2) is 47.6 Å². The van der Waals surface area contributed by atoms with Crippen LogP contribution in [0.5, 0.6) is 5.75 Å². The third-order valence-corrected chi connectivity index (χ3v) is 3.29. The summed E-state index contributed by atoms with van der Waals surface area (Å²) in [4.78, 5) is 0. The molecule has 0 saturated carbocycles. The Bertz CT molecular complexity index is 606. The second-order valence-corrected chi connectivity index (χ2v) is 4.56. The van der Waals surface area contributed by atoms with E-state index in [1.54, 1.807) is 37.4 Å². The molecular formula is C14H11Cl2NO2. The molecule has 0 atom stereocenters. The molecule has 0 aromatic heterocycles. The van der Waals surface area contributed by atoms with Gasteiger partial charge in [0.15, 0.2) is 0 Å². The number of benzene rings is 2. The molecule has 0 spiro atoms. The third-order valence-electron chi connectivity index (χ3n) is 2.66. The van der Waals surface area contributed by atoms with Gasteiger partial charge in [-0.1, -0.05) is 46.6 Å². The molecule has 0 aliphatic carbocycles. The number of ether oxygens (including phenoxy) is 1. The summed E-state index contributed by atoms with van der Waals surface area (Å²) in [6.07, 6.45) is 0. The normalized spacial score (nSPS) is 11.4. The molecule has 2 aromatic rings. The van der Waals surface area contributed by atoms with Crippen LogP contribution in [0, 0.1) is 0 Å². The first-order valence-electron chi connectivity index (χ1n) is 5.49. The van der Waals surface area contributed by atoms with Crippen molar-refractivity contribution in [1.82, 2.24) is 0 Å². The Balaban J connectivity index is 2.64. The number of para-hydroxylation sites is 1. The number of rotatable bonds is 3. The lowest BCUT2D eigenvalue weighted by Crippen LogP contribution is -2.07. The monoisotopic (exact) mass is 295 g/mol. The molecule has 0 radical (unpaired) electrons. The van der Waals surface area contributed by atoms with E-state index in [2.05, 4.69) is 5.16 Å². The van der Waals surface area contributed by atoms with Crippen molar-refractivity contribution in [3.8, 4) is 5.75 Å². The highest BCUT2D eigenvalue weighted by Crippen LogP contribution is 2.30. The van der Waals surface area contributed by atoms with E-state index >= 15 is 0 Å². The van der Waals surface area contributed by atoms with Crippen LogP contribution in [-0.2, 0) is 0 Å². The zero-order valence-corrected chi connectivity index (χ0v) is 11.6. The lowest BCUT2D eigenvalue weighted by molar-refractivity contribution is 0.319. The summed E-state index contributed by atoms with van der Waals surface area (Å²) in [5, 5.41) is 13.5. The van der Waals surface area contributed by atoms with Gasteiger partial charge in [-0.15, -0.1) is 0 Å². The van der Waals surface area contributed by atoms with Gasteiger partial charge in [-0.3, -0.25) is 0 Å². The topological polar surface area (TPSA) is 41.8 Å². The second kappa shape index (κ2) is 5.95. The maximum atomic E-state index is 9.32. The predicted molar refractivity (Wildman–Crippen MR) is 76.9 cm³/mol. The highest BCUT2D eigenvalue weighted by molar-refractivity contribution is 6.41. The number of hydrogen-bond acceptors (Lipinski definition) is 3. The SMILES string of the molecule is COc1ccccc1/C(=N\O)c1c(Cl)cccc1Cl. The standard InChI is InChI=1S/C14H11Cl2NO2/c1-19-12-8-3-2-5-9(12)14(17-18)13-10(15)6-4-7-11(13)16/h2-8,18H,1H3/b17-14+. The summed E-state index contributed by atoms with van der Waals surface area (Å²) in [5.41, 5.74) is 1.35. The molecule has 19 heavy (non-hydrogen) atoms. The van der Waals surface area contributed by atoms with Crippen LogP contribution in [0.2, 0.25) is 10.0 Å². The molecule has 3 nitrogen and oxygen atoms in total. The van der Waals surface area contributed by atoms with E-state index < -0.39 is 0 Å². The fourth-order valence-corrected chi connectivity index (χ4v) is 2.38. The molecule has 5 heteroatoms. The number of nitrogens with zero attached hydrogens (tertiary/aromatic N) is 1. The lowest BCUT2D eigenvalue weighted by Gasteiger charge is -2.12. The Labute approximate surface area is 121 Å². The van der Waals surface area contributed by atoms with Gasteiger partial charge in [0.25, 0.3) is 0 Å². The third kappa shape index (κ3) is 2.67. The minimum absolute atomic E-state index is 0.271. The van der Waals surface area contributed by atoms with Crippen LogP contribution in [0.3, 0.4) is 0 Å². The van der Waals surface area contributed by atoms with E-state index in [0.717, 1.165) is 0 Å². The van der Waals surface area contributed by atoms with Crippen molar-refractivity contribution >= 4 is 28.9 Å². The van der Waals surface area contributed by atoms with E-state index in [9.17, 15) is 5.21 Å². The average Bonchev–Trinajstić information content (AvgIpc) is 2.43. The first-order chi connectivity index (χ1) is 9.19. The van der Waals surface area contributed by atoms with E-state index in [1.807, 2.05) is 12.1 Å². The molecule has 2 rings (SSSR count). The Kier molecular flexibility index (Phi) is 4.30. The summed E-state index contributed by atoms with van der Waals surface area (Å²) in [6, 6.07) is 12.3. The molecular weight excluding hydrogens is 285 g/mol. The van der Waals surface area contributed by atoms with Gasteiger partial charge in [0, 0.05) is 11.1 Å². The van der Waals surface area contributed by atoms with Crippen molar-refractivity contribution in [1.29, 1.82) is 0 Å². The first kappa shape index (κ1) is 13.7. The fourth-order valence-electron chi connectivity index (χ4n) is 1.80. The largest absolute Gasteiger partial charge is 0.496 e. The second-order valence-electron chi connectivity index (χ2n) is 3.75. The minimum atomic E-state index is 0.271. The van der Waals surface area contributed by atoms with Crippen molar-refractivity contribution in [2.24, 2.45) is 5.16 Å². The molecule has 0 saturated heterocycles. The number of halogens is 2. The van der Waals surface area contributed by atoms with Gasteiger partial charge in [-0.25, -0.2) is 0 Å². The summed E-state index contributed by atoms with van der Waals surface area (Å²) in [6.45, 7) is 0. The summed E-state index contributed by atoms with van der Waals surface area (Å²) < 4.78 is 5.25. The molecule has 1 N–H and O–H groups in total. The highest BCUT2D eigenvalue weighted by atomic mass is 35.5. The van der Waals surface area contributed by atoms with E-state index in [0.29, 0.717) is 26.9 Å². The molecule has 0 heterocycles. The molecule has 0 bridgehead atoms. The molecule has 0 unspecified atom stereocenters. The molecule has 0 aliphatic heterocycles. The zero-order valence-electron chi connectivity index (χ0n) is 10.1. The van der Waals surface area contributed by atoms with Gasteiger partial charge in [-0.05, 0) is 24.3 Å². The molecule has 0 amide bonds. The van der Waals surface area contributed by atoms with Crippen LogP contribution in [0.1, 0.15) is 11.1 Å². The molecule has 2 aromatic carbocycles. The summed E-state index contributed by atoms with van der Waals surface area (Å²) in [7, 11) is 1.54. The smallest absolute Gasteiger partial charge is 0.128 e. The Morgan fingerprint density at radius 3 is 2.26 bits per heavy atom. The Morgan fingerprint density at radius 2 is 1.68 bits per heavy atom. The number of hydrogen-bond donors (Lipinski definition) is 1. The van der Waals surface area contributed by atoms with Gasteiger partial charge in [0.05, 0.1) is 17.2 Å². The summed E-state index contributed by atoms with van der Waals surface area (Å²) in [5.74, 6) is 0.575. The van der Waals surface area contributed by atoms with Crippen LogP contribution < -0.4 is 4.74 Å². The van der Waals surface area contributed by atoms with Crippen LogP contribution in [0.4, 0.5) is 0 Å². The molecule has 0 aliphatic rings. The van der Waals surface area contributed by atoms with Gasteiger partial charge < -0.3 is 9.94 Å². The predicted octanol–water partition coefficient (Wildman–Crippen LogP) is 4.23. The van der Waals surface area contributed by atoms with E-state index in [-0.39, 0.29) is 5.71 Å². The van der Waals surface area contributed by atoms with E-state index in [4.69, 9.17) is 27.9 Å². The first-order valence-corrected chi connectivity index (χ1v) is 6.24. The maximum absolute atomic E-state index is 9.32. The maximum Gasteiger partial charge on any atom is 0.128 e. The van der Waals surface area contributed by atoms with Crippen molar-refractivity contribution in [2.45, 2.75) is 0 Å². The number of oxime groups is 1. The van der Waals surface area contributed by atoms with Gasteiger partial charge >= 0.3 is 0 Å². The van der Waals surface area contributed by atoms with Crippen molar-refractivity contribution in [3.63, 3.8) is 0 Å². The van der Waals surface area contributed by atoms with Crippen molar-refractivity contribution in [2.75, 3.05) is 7.11 Å². The van der Waals surface area contributed by atoms with Crippen LogP contribution in [0.25, 0.3) is 0 Å². The highest BCUT2D eigenvalue weighted by Gasteiger charge is 2.18. The zero-order chi connectivity index (χ0) is 13.8. The van der Waals surface area contributed by atoms with Gasteiger partial charge in [-0.2, -0.15) is 0 Å². The van der Waals surface area contributed by atoms with Crippen molar-refractivity contribution in [3.05, 3.63) is 63.6 Å². The average molecular weight is 296 g/mol. The molecule has 98 valence electrons. The van der Waals surface area contributed by atoms with E-state index in [1.165, 1.54) is 0 Å². The fraction of sp³-hybridized carbons (Fsp3) is 0.0714. The quantitative estimate of drug-likeness (QED) is 0.523. The molecule has 0 fully saturated rings.